The van der Waals surface area contributed by atoms with Crippen molar-refractivity contribution in [3.05, 3.63) is 29.1 Å². The second-order valence-corrected chi connectivity index (χ2v) is 4.77. The van der Waals surface area contributed by atoms with Crippen LogP contribution in [-0.4, -0.2) is 32.8 Å². The van der Waals surface area contributed by atoms with Crippen LogP contribution in [0.1, 0.15) is 6.92 Å². The summed E-state index contributed by atoms with van der Waals surface area (Å²) in [6.45, 7) is 2.85. The number of anilines is 2. The molecule has 18 heavy (non-hydrogen) atoms. The van der Waals surface area contributed by atoms with Gasteiger partial charge in [-0.3, -0.25) is 4.68 Å². The zero-order valence-corrected chi connectivity index (χ0v) is 11.8. The van der Waals surface area contributed by atoms with Crippen molar-refractivity contribution in [1.82, 2.24) is 19.7 Å². The van der Waals surface area contributed by atoms with Crippen molar-refractivity contribution in [1.29, 1.82) is 0 Å². The maximum atomic E-state index is 4.35. The molecule has 0 radical (unpaired) electrons. The Bertz CT molecular complexity index is 498. The van der Waals surface area contributed by atoms with Gasteiger partial charge in [0.1, 0.15) is 5.82 Å². The van der Waals surface area contributed by atoms with Gasteiger partial charge in [-0.2, -0.15) is 10.1 Å². The van der Waals surface area contributed by atoms with E-state index in [9.17, 15) is 0 Å². The first kappa shape index (κ1) is 12.8. The van der Waals surface area contributed by atoms with E-state index in [1.807, 2.05) is 16.9 Å². The first-order chi connectivity index (χ1) is 8.69. The Morgan fingerprint density at radius 2 is 2.33 bits per heavy atom. The lowest BCUT2D eigenvalue weighted by atomic mass is 10.3. The average Bonchev–Trinajstić information content (AvgIpc) is 2.84. The normalized spacial score (nSPS) is 12.2. The lowest BCUT2D eigenvalue weighted by Gasteiger charge is -2.16. The molecule has 2 heterocycles. The molecule has 0 aliphatic heterocycles. The van der Waals surface area contributed by atoms with Crippen molar-refractivity contribution in [3.63, 3.8) is 0 Å². The van der Waals surface area contributed by atoms with E-state index in [0.29, 0.717) is 5.95 Å². The van der Waals surface area contributed by atoms with Crippen molar-refractivity contribution in [3.8, 4) is 0 Å². The highest BCUT2D eigenvalue weighted by Gasteiger charge is 2.08. The summed E-state index contributed by atoms with van der Waals surface area (Å²) in [6, 6.07) is 2.12. The predicted octanol–water partition coefficient (Wildman–Crippen LogP) is 1.98. The molecule has 0 aromatic carbocycles. The minimum atomic E-state index is 0.209. The minimum absolute atomic E-state index is 0.209. The van der Waals surface area contributed by atoms with Gasteiger partial charge >= 0.3 is 0 Å². The number of nitrogens with one attached hydrogen (secondary N) is 2. The van der Waals surface area contributed by atoms with E-state index in [4.69, 9.17) is 0 Å². The third kappa shape index (κ3) is 3.19. The monoisotopic (exact) mass is 310 g/mol. The van der Waals surface area contributed by atoms with Crippen LogP contribution in [0.2, 0.25) is 0 Å². The number of halogens is 1. The van der Waals surface area contributed by atoms with Gasteiger partial charge in [-0.15, -0.1) is 0 Å². The Kier molecular flexibility index (Phi) is 4.14. The van der Waals surface area contributed by atoms with E-state index in [1.165, 1.54) is 0 Å². The van der Waals surface area contributed by atoms with E-state index < -0.39 is 0 Å². The van der Waals surface area contributed by atoms with E-state index in [2.05, 4.69) is 48.6 Å². The highest BCUT2D eigenvalue weighted by atomic mass is 79.9. The van der Waals surface area contributed by atoms with Gasteiger partial charge in [0, 0.05) is 31.7 Å². The molecule has 0 amide bonds. The highest BCUT2D eigenvalue weighted by molar-refractivity contribution is 9.10. The maximum absolute atomic E-state index is 4.35. The zero-order chi connectivity index (χ0) is 13.0. The average molecular weight is 311 g/mol. The van der Waals surface area contributed by atoms with Crippen LogP contribution >= 0.6 is 15.9 Å². The number of aromatic nitrogens is 4. The summed E-state index contributed by atoms with van der Waals surface area (Å²) < 4.78 is 2.72. The summed E-state index contributed by atoms with van der Waals surface area (Å²) in [4.78, 5) is 8.46. The number of hydrogen-bond donors (Lipinski definition) is 2. The molecule has 0 fully saturated rings. The lowest BCUT2D eigenvalue weighted by molar-refractivity contribution is 0.559. The van der Waals surface area contributed by atoms with E-state index in [-0.39, 0.29) is 6.04 Å². The largest absolute Gasteiger partial charge is 0.365 e. The summed E-state index contributed by atoms with van der Waals surface area (Å²) in [6.07, 6.45) is 5.43. The van der Waals surface area contributed by atoms with Crippen molar-refractivity contribution >= 4 is 27.7 Å². The molecule has 2 N–H and O–H groups in total. The molecule has 0 spiro atoms. The predicted molar refractivity (Wildman–Crippen MR) is 74.6 cm³/mol. The van der Waals surface area contributed by atoms with Crippen molar-refractivity contribution in [2.75, 3.05) is 17.7 Å². The molecule has 6 nitrogen and oxygen atoms in total. The molecule has 2 aromatic heterocycles. The fourth-order valence-electron chi connectivity index (χ4n) is 1.56. The highest BCUT2D eigenvalue weighted by Crippen LogP contribution is 2.20. The Labute approximate surface area is 114 Å². The molecular weight excluding hydrogens is 296 g/mol. The molecule has 1 unspecified atom stereocenters. The van der Waals surface area contributed by atoms with E-state index in [0.717, 1.165) is 16.8 Å². The first-order valence-corrected chi connectivity index (χ1v) is 6.42. The Balaban J connectivity index is 2.04. The summed E-state index contributed by atoms with van der Waals surface area (Å²) in [5.41, 5.74) is 0. The van der Waals surface area contributed by atoms with Crippen LogP contribution in [0.3, 0.4) is 0 Å². The van der Waals surface area contributed by atoms with E-state index in [1.54, 1.807) is 19.4 Å². The minimum Gasteiger partial charge on any atom is -0.365 e. The molecular formula is C11H15BrN6. The van der Waals surface area contributed by atoms with Gasteiger partial charge in [0.2, 0.25) is 5.95 Å². The molecule has 0 aliphatic carbocycles. The smallest absolute Gasteiger partial charge is 0.224 e. The number of rotatable bonds is 5. The molecule has 1 atom stereocenters. The molecule has 0 aliphatic rings. The van der Waals surface area contributed by atoms with Crippen molar-refractivity contribution < 1.29 is 0 Å². The quantitative estimate of drug-likeness (QED) is 0.884. The van der Waals surface area contributed by atoms with Crippen LogP contribution in [0.5, 0.6) is 0 Å². The Morgan fingerprint density at radius 3 is 3.00 bits per heavy atom. The van der Waals surface area contributed by atoms with Crippen LogP contribution in [-0.2, 0) is 6.54 Å². The molecule has 0 saturated heterocycles. The number of hydrogen-bond acceptors (Lipinski definition) is 5. The van der Waals surface area contributed by atoms with Crippen molar-refractivity contribution in [2.24, 2.45) is 0 Å². The lowest BCUT2D eigenvalue weighted by Crippen LogP contribution is -2.23. The Morgan fingerprint density at radius 1 is 1.50 bits per heavy atom. The second-order valence-electron chi connectivity index (χ2n) is 3.91. The van der Waals surface area contributed by atoms with Gasteiger partial charge in [0.25, 0.3) is 0 Å². The zero-order valence-electron chi connectivity index (χ0n) is 10.3. The molecule has 2 aromatic rings. The summed E-state index contributed by atoms with van der Waals surface area (Å²) in [5.74, 6) is 1.36. The SMILES string of the molecule is CNc1ncc(Br)c(NC(C)Cn2cccn2)n1. The van der Waals surface area contributed by atoms with Crippen molar-refractivity contribution in [2.45, 2.75) is 19.5 Å². The van der Waals surface area contributed by atoms with Gasteiger partial charge < -0.3 is 10.6 Å². The molecule has 96 valence electrons. The van der Waals surface area contributed by atoms with Crippen LogP contribution in [0.15, 0.2) is 29.1 Å². The van der Waals surface area contributed by atoms with Gasteiger partial charge in [-0.25, -0.2) is 4.98 Å². The van der Waals surface area contributed by atoms with Gasteiger partial charge in [-0.05, 0) is 28.9 Å². The fraction of sp³-hybridized carbons (Fsp3) is 0.364. The third-order valence-electron chi connectivity index (χ3n) is 2.37. The number of nitrogens with zero attached hydrogens (tertiary/aromatic N) is 4. The van der Waals surface area contributed by atoms with Gasteiger partial charge in [0.15, 0.2) is 0 Å². The van der Waals surface area contributed by atoms with E-state index >= 15 is 0 Å². The van der Waals surface area contributed by atoms with Gasteiger partial charge in [0.05, 0.1) is 11.0 Å². The van der Waals surface area contributed by atoms with Crippen LogP contribution in [0, 0.1) is 0 Å². The summed E-state index contributed by atoms with van der Waals surface area (Å²) in [7, 11) is 1.79. The van der Waals surface area contributed by atoms with Crippen LogP contribution in [0.4, 0.5) is 11.8 Å². The van der Waals surface area contributed by atoms with Crippen LogP contribution in [0.25, 0.3) is 0 Å². The second kappa shape index (κ2) is 5.81. The maximum Gasteiger partial charge on any atom is 0.224 e. The topological polar surface area (TPSA) is 67.7 Å². The summed E-state index contributed by atoms with van der Waals surface area (Å²) >= 11 is 3.43. The molecule has 0 bridgehead atoms. The standard InChI is InChI=1S/C11H15BrN6/c1-8(7-18-5-3-4-15-18)16-10-9(12)6-14-11(13-2)17-10/h3-6,8H,7H2,1-2H3,(H2,13,14,16,17). The third-order valence-corrected chi connectivity index (χ3v) is 2.95. The van der Waals surface area contributed by atoms with Crippen LogP contribution < -0.4 is 10.6 Å². The molecule has 7 heteroatoms. The Hall–Kier alpha value is -1.63. The fourth-order valence-corrected chi connectivity index (χ4v) is 1.86. The first-order valence-electron chi connectivity index (χ1n) is 5.63. The molecule has 0 saturated carbocycles. The molecule has 2 rings (SSSR count). The summed E-state index contributed by atoms with van der Waals surface area (Å²) in [5, 5.41) is 10.4. The van der Waals surface area contributed by atoms with Gasteiger partial charge in [-0.1, -0.05) is 0 Å².